The van der Waals surface area contributed by atoms with Crippen molar-refractivity contribution in [1.82, 2.24) is 20.9 Å². The lowest BCUT2D eigenvalue weighted by Crippen LogP contribution is -2.49. The van der Waals surface area contributed by atoms with Crippen LogP contribution in [0.1, 0.15) is 63.6 Å². The predicted molar refractivity (Wildman–Crippen MR) is 152 cm³/mol. The van der Waals surface area contributed by atoms with Crippen molar-refractivity contribution in [2.45, 2.75) is 71.0 Å². The van der Waals surface area contributed by atoms with Gasteiger partial charge in [0.2, 0.25) is 5.91 Å². The Morgan fingerprint density at radius 2 is 1.87 bits per heavy atom. The molecule has 1 aliphatic rings. The summed E-state index contributed by atoms with van der Waals surface area (Å²) in [4.78, 5) is 68.6. The van der Waals surface area contributed by atoms with Gasteiger partial charge in [0.05, 0.1) is 18.7 Å². The molecular formula is C27H36N4O6S2. The van der Waals surface area contributed by atoms with Gasteiger partial charge in [-0.3, -0.25) is 19.2 Å². The van der Waals surface area contributed by atoms with Gasteiger partial charge >= 0.3 is 5.97 Å². The normalized spacial score (nSPS) is 19.4. The molecule has 0 unspecified atom stereocenters. The zero-order chi connectivity index (χ0) is 29.1. The summed E-state index contributed by atoms with van der Waals surface area (Å²) in [5, 5.41) is 8.08. The number of aromatic nitrogens is 1. The van der Waals surface area contributed by atoms with Gasteiger partial charge in [0.15, 0.2) is 5.12 Å². The summed E-state index contributed by atoms with van der Waals surface area (Å²) < 4.78 is 5.67. The third kappa shape index (κ3) is 10.5. The van der Waals surface area contributed by atoms with Crippen LogP contribution in [-0.4, -0.2) is 57.9 Å². The molecule has 2 bridgehead atoms. The maximum atomic E-state index is 13.2. The minimum atomic E-state index is -1.03. The van der Waals surface area contributed by atoms with Gasteiger partial charge in [0.1, 0.15) is 23.5 Å². The van der Waals surface area contributed by atoms with Crippen LogP contribution in [0.15, 0.2) is 40.5 Å². The topological polar surface area (TPSA) is 144 Å². The second kappa shape index (κ2) is 15.5. The van der Waals surface area contributed by atoms with Crippen molar-refractivity contribution in [3.05, 3.63) is 46.9 Å². The molecule has 1 aromatic heterocycles. The summed E-state index contributed by atoms with van der Waals surface area (Å²) in [6, 6.07) is 2.33. The highest BCUT2D eigenvalue weighted by molar-refractivity contribution is 8.13. The third-order valence-electron chi connectivity index (χ3n) is 5.55. The van der Waals surface area contributed by atoms with Crippen LogP contribution in [0.4, 0.5) is 0 Å². The molecule has 12 heteroatoms. The fraction of sp³-hybridized carbons (Fsp3) is 0.481. The molecule has 10 nitrogen and oxygen atoms in total. The second-order valence-electron chi connectivity index (χ2n) is 9.42. The number of rotatable bonds is 6. The van der Waals surface area contributed by atoms with E-state index >= 15 is 0 Å². The van der Waals surface area contributed by atoms with E-state index in [-0.39, 0.29) is 41.3 Å². The van der Waals surface area contributed by atoms with Gasteiger partial charge in [-0.25, -0.2) is 9.78 Å². The lowest BCUT2D eigenvalue weighted by Gasteiger charge is -2.24. The number of nitrogens with one attached hydrogen (secondary N) is 3. The van der Waals surface area contributed by atoms with Gasteiger partial charge in [-0.05, 0) is 56.2 Å². The van der Waals surface area contributed by atoms with Crippen molar-refractivity contribution in [3.8, 4) is 0 Å². The maximum Gasteiger partial charge on any atom is 0.329 e. The molecule has 1 aromatic rings. The molecule has 39 heavy (non-hydrogen) atoms. The van der Waals surface area contributed by atoms with E-state index in [1.54, 1.807) is 52.0 Å². The molecule has 1 aliphatic heterocycles. The second-order valence-corrected chi connectivity index (χ2v) is 11.6. The standard InChI is InChI=1S/C27H36N4O6S2/c1-15(2)23-26(35)31-24(16(3)4)27(36)37-19(9-7-8-10-39-17(5)32)12-22(33)28-14-18-11-20(38-6)13-21(29-18)25(34)30-23/h7,9,11,13,16,19,24H,8,10,12,14H2,1-6H3,(H,28,33)(H,30,34)(H,31,35)/b9-7+/t19-,24+/m1/s1. The minimum absolute atomic E-state index is 0.00339. The van der Waals surface area contributed by atoms with Crippen LogP contribution in [0.5, 0.6) is 0 Å². The fourth-order valence-electron chi connectivity index (χ4n) is 3.52. The molecule has 0 radical (unpaired) electrons. The fourth-order valence-corrected chi connectivity index (χ4v) is 4.54. The van der Waals surface area contributed by atoms with Gasteiger partial charge in [0.25, 0.3) is 11.8 Å². The molecule has 3 N–H and O–H groups in total. The highest BCUT2D eigenvalue weighted by Crippen LogP contribution is 2.18. The smallest absolute Gasteiger partial charge is 0.329 e. The Morgan fingerprint density at radius 3 is 2.49 bits per heavy atom. The van der Waals surface area contributed by atoms with Crippen LogP contribution in [0.3, 0.4) is 0 Å². The van der Waals surface area contributed by atoms with Gasteiger partial charge in [-0.15, -0.1) is 11.8 Å². The van der Waals surface area contributed by atoms with E-state index in [9.17, 15) is 24.0 Å². The Kier molecular flexibility index (Phi) is 12.7. The Labute approximate surface area is 237 Å². The largest absolute Gasteiger partial charge is 0.456 e. The van der Waals surface area contributed by atoms with E-state index in [2.05, 4.69) is 20.9 Å². The molecule has 0 fully saturated rings. The summed E-state index contributed by atoms with van der Waals surface area (Å²) in [7, 11) is 0. The van der Waals surface area contributed by atoms with Crippen LogP contribution in [-0.2, 0) is 30.5 Å². The van der Waals surface area contributed by atoms with E-state index in [0.29, 0.717) is 23.4 Å². The van der Waals surface area contributed by atoms with Gasteiger partial charge in [0, 0.05) is 17.6 Å². The summed E-state index contributed by atoms with van der Waals surface area (Å²) in [6.45, 7) is 8.39. The third-order valence-corrected chi connectivity index (χ3v) is 7.11. The number of esters is 1. The van der Waals surface area contributed by atoms with Crippen molar-refractivity contribution < 1.29 is 28.7 Å². The lowest BCUT2D eigenvalue weighted by atomic mass is 10.0. The first kappa shape index (κ1) is 32.1. The number of carbonyl (C=O) groups excluding carboxylic acids is 5. The summed E-state index contributed by atoms with van der Waals surface area (Å²) >= 11 is 2.59. The first-order valence-corrected chi connectivity index (χ1v) is 14.7. The van der Waals surface area contributed by atoms with Gasteiger partial charge in [-0.2, -0.15) is 0 Å². The molecule has 0 aliphatic carbocycles. The van der Waals surface area contributed by atoms with Crippen LogP contribution in [0.25, 0.3) is 0 Å². The quantitative estimate of drug-likeness (QED) is 0.153. The van der Waals surface area contributed by atoms with Gasteiger partial charge < -0.3 is 20.7 Å². The van der Waals surface area contributed by atoms with E-state index in [4.69, 9.17) is 4.74 Å². The van der Waals surface area contributed by atoms with Crippen LogP contribution in [0, 0.1) is 5.92 Å². The predicted octanol–water partition coefficient (Wildman–Crippen LogP) is 3.13. The Morgan fingerprint density at radius 1 is 1.15 bits per heavy atom. The minimum Gasteiger partial charge on any atom is -0.456 e. The van der Waals surface area contributed by atoms with E-state index in [1.165, 1.54) is 30.4 Å². The first-order chi connectivity index (χ1) is 18.4. The van der Waals surface area contributed by atoms with E-state index < -0.39 is 29.9 Å². The summed E-state index contributed by atoms with van der Waals surface area (Å²) in [5.41, 5.74) is 1.10. The first-order valence-electron chi connectivity index (χ1n) is 12.5. The van der Waals surface area contributed by atoms with E-state index in [1.807, 2.05) is 6.26 Å². The van der Waals surface area contributed by atoms with Gasteiger partial charge in [-0.1, -0.05) is 31.7 Å². The Hall–Kier alpha value is -3.12. The Bertz CT molecular complexity index is 1160. The number of pyridine rings is 1. The van der Waals surface area contributed by atoms with Crippen LogP contribution >= 0.6 is 23.5 Å². The average molecular weight is 577 g/mol. The van der Waals surface area contributed by atoms with Crippen molar-refractivity contribution in [2.75, 3.05) is 12.0 Å². The molecule has 2 heterocycles. The van der Waals surface area contributed by atoms with Crippen LogP contribution in [0.2, 0.25) is 0 Å². The number of allylic oxidation sites excluding steroid dienone is 2. The zero-order valence-electron chi connectivity index (χ0n) is 23.1. The lowest BCUT2D eigenvalue weighted by molar-refractivity contribution is -0.153. The van der Waals surface area contributed by atoms with Crippen molar-refractivity contribution >= 4 is 52.3 Å². The summed E-state index contributed by atoms with van der Waals surface area (Å²) in [5.74, 6) is -2.11. The molecule has 0 spiro atoms. The van der Waals surface area contributed by atoms with E-state index in [0.717, 1.165) is 4.90 Å². The maximum absolute atomic E-state index is 13.2. The van der Waals surface area contributed by atoms with Crippen molar-refractivity contribution in [1.29, 1.82) is 0 Å². The number of hydrogen-bond donors (Lipinski definition) is 3. The number of carbonyl (C=O) groups is 5. The highest BCUT2D eigenvalue weighted by atomic mass is 32.2. The molecule has 0 aromatic carbocycles. The number of amides is 3. The highest BCUT2D eigenvalue weighted by Gasteiger charge is 2.30. The average Bonchev–Trinajstić information content (AvgIpc) is 2.87. The SMILES string of the molecule is CSc1cc2nc(c1)C(=O)NC(=C(C)C)C(=O)N[C@@H](C(C)C)C(=O)O[C@H](/C=C/CCSC(C)=O)CC(=O)NC2. The molecule has 0 saturated carbocycles. The Balaban J connectivity index is 2.45. The van der Waals surface area contributed by atoms with Crippen molar-refractivity contribution in [2.24, 2.45) is 5.92 Å². The molecule has 2 atom stereocenters. The summed E-state index contributed by atoms with van der Waals surface area (Å²) in [6.07, 6.45) is 4.72. The number of ether oxygens (including phenoxy) is 1. The molecule has 0 saturated heterocycles. The zero-order valence-corrected chi connectivity index (χ0v) is 24.7. The number of thioether (sulfide) groups is 2. The number of nitrogens with zero attached hydrogens (tertiary/aromatic N) is 1. The molecule has 2 rings (SSSR count). The number of fused-ring (bicyclic) bond motifs is 2. The number of hydrogen-bond acceptors (Lipinski definition) is 9. The monoisotopic (exact) mass is 576 g/mol. The number of cyclic esters (lactones) is 1. The molecule has 3 amide bonds. The molecular weight excluding hydrogens is 540 g/mol. The molecule has 212 valence electrons. The van der Waals surface area contributed by atoms with Crippen LogP contribution < -0.4 is 16.0 Å². The van der Waals surface area contributed by atoms with Crippen molar-refractivity contribution in [3.63, 3.8) is 0 Å².